The fraction of sp³-hybridized carbons (Fsp3) is 0.692. The van der Waals surface area contributed by atoms with Crippen molar-refractivity contribution >= 4 is 0 Å². The summed E-state index contributed by atoms with van der Waals surface area (Å²) < 4.78 is 0. The Hall–Kier alpha value is -0.520. The molecule has 0 nitrogen and oxygen atoms in total. The summed E-state index contributed by atoms with van der Waals surface area (Å²) in [4.78, 5) is 0. The maximum Gasteiger partial charge on any atom is -0.0282 e. The molecule has 74 valence electrons. The van der Waals surface area contributed by atoms with Gasteiger partial charge in [0.25, 0.3) is 0 Å². The van der Waals surface area contributed by atoms with E-state index in [0.717, 1.165) is 0 Å². The molecule has 0 amide bonds. The van der Waals surface area contributed by atoms with Gasteiger partial charge in [-0.3, -0.25) is 0 Å². The third-order valence-electron chi connectivity index (χ3n) is 2.70. The average Bonchev–Trinajstić information content (AvgIpc) is 2.19. The van der Waals surface area contributed by atoms with Gasteiger partial charge in [0.05, 0.1) is 0 Å². The summed E-state index contributed by atoms with van der Waals surface area (Å²) >= 11 is 0. The Morgan fingerprint density at radius 2 is 2.00 bits per heavy atom. The second kappa shape index (κ2) is 6.94. The average molecular weight is 178 g/mol. The van der Waals surface area contributed by atoms with Gasteiger partial charge >= 0.3 is 0 Å². The maximum absolute atomic E-state index is 2.31. The van der Waals surface area contributed by atoms with Gasteiger partial charge in [0, 0.05) is 0 Å². The van der Waals surface area contributed by atoms with Gasteiger partial charge in [0.1, 0.15) is 0 Å². The van der Waals surface area contributed by atoms with E-state index < -0.39 is 0 Å². The minimum atomic E-state index is 1.26. The molecule has 0 N–H and O–H groups in total. The molecule has 0 aliphatic heterocycles. The highest BCUT2D eigenvalue weighted by atomic mass is 14.0. The molecule has 1 aliphatic rings. The molecule has 0 atom stereocenters. The van der Waals surface area contributed by atoms with Crippen LogP contribution in [0.3, 0.4) is 0 Å². The highest BCUT2D eigenvalue weighted by molar-refractivity contribution is 5.17. The van der Waals surface area contributed by atoms with Crippen molar-refractivity contribution in [2.45, 2.75) is 58.3 Å². The lowest BCUT2D eigenvalue weighted by Gasteiger charge is -2.08. The van der Waals surface area contributed by atoms with Gasteiger partial charge in [-0.05, 0) is 25.7 Å². The van der Waals surface area contributed by atoms with E-state index in [4.69, 9.17) is 0 Å². The monoisotopic (exact) mass is 178 g/mol. The smallest absolute Gasteiger partial charge is 0.0282 e. The Labute approximate surface area is 82.7 Å². The van der Waals surface area contributed by atoms with Crippen molar-refractivity contribution in [1.29, 1.82) is 0 Å². The van der Waals surface area contributed by atoms with Crippen molar-refractivity contribution in [1.82, 2.24) is 0 Å². The molecule has 0 spiro atoms. The van der Waals surface area contributed by atoms with Crippen LogP contribution in [-0.2, 0) is 0 Å². The van der Waals surface area contributed by atoms with Crippen LogP contribution in [0.2, 0.25) is 0 Å². The quantitative estimate of drug-likeness (QED) is 0.520. The molecule has 0 radical (unpaired) electrons. The third-order valence-corrected chi connectivity index (χ3v) is 2.70. The molecular formula is C13H22. The molecule has 0 saturated heterocycles. The van der Waals surface area contributed by atoms with E-state index in [1.807, 2.05) is 0 Å². The van der Waals surface area contributed by atoms with Gasteiger partial charge in [-0.15, -0.1) is 0 Å². The van der Waals surface area contributed by atoms with E-state index in [-0.39, 0.29) is 0 Å². The Morgan fingerprint density at radius 1 is 1.15 bits per heavy atom. The SMILES string of the molecule is CCCCCCCC1=CC=CCC1. The molecule has 0 aromatic heterocycles. The Balaban J connectivity index is 1.99. The molecule has 1 aliphatic carbocycles. The summed E-state index contributed by atoms with van der Waals surface area (Å²) in [7, 11) is 0. The molecule has 0 heteroatoms. The van der Waals surface area contributed by atoms with Gasteiger partial charge < -0.3 is 0 Å². The number of hydrogen-bond acceptors (Lipinski definition) is 0. The van der Waals surface area contributed by atoms with Crippen LogP contribution in [-0.4, -0.2) is 0 Å². The second-order valence-corrected chi connectivity index (χ2v) is 3.96. The van der Waals surface area contributed by atoms with Crippen LogP contribution >= 0.6 is 0 Å². The Kier molecular flexibility index (Phi) is 5.64. The lowest BCUT2D eigenvalue weighted by molar-refractivity contribution is 0.624. The Morgan fingerprint density at radius 3 is 2.69 bits per heavy atom. The molecule has 0 fully saturated rings. The van der Waals surface area contributed by atoms with Crippen LogP contribution in [0.15, 0.2) is 23.8 Å². The van der Waals surface area contributed by atoms with Gasteiger partial charge in [-0.2, -0.15) is 0 Å². The highest BCUT2D eigenvalue weighted by Gasteiger charge is 1.98. The van der Waals surface area contributed by atoms with Gasteiger partial charge in [-0.1, -0.05) is 56.4 Å². The van der Waals surface area contributed by atoms with Crippen LogP contribution in [0.4, 0.5) is 0 Å². The number of hydrogen-bond donors (Lipinski definition) is 0. The van der Waals surface area contributed by atoms with Gasteiger partial charge in [0.2, 0.25) is 0 Å². The molecular weight excluding hydrogens is 156 g/mol. The normalized spacial score (nSPS) is 15.9. The third kappa shape index (κ3) is 4.92. The summed E-state index contributed by atoms with van der Waals surface area (Å²) in [6, 6.07) is 0. The molecule has 0 unspecified atom stereocenters. The highest BCUT2D eigenvalue weighted by Crippen LogP contribution is 2.18. The summed E-state index contributed by atoms with van der Waals surface area (Å²) in [5, 5.41) is 0. The summed E-state index contributed by atoms with van der Waals surface area (Å²) in [5.74, 6) is 0. The largest absolute Gasteiger partial charge is 0.0842 e. The van der Waals surface area contributed by atoms with Crippen LogP contribution in [0.5, 0.6) is 0 Å². The Bertz CT molecular complexity index is 174. The van der Waals surface area contributed by atoms with Crippen LogP contribution < -0.4 is 0 Å². The van der Waals surface area contributed by atoms with E-state index in [9.17, 15) is 0 Å². The van der Waals surface area contributed by atoms with E-state index in [1.54, 1.807) is 5.57 Å². The lowest BCUT2D eigenvalue weighted by atomic mass is 9.99. The lowest BCUT2D eigenvalue weighted by Crippen LogP contribution is -1.88. The molecule has 0 bridgehead atoms. The van der Waals surface area contributed by atoms with Crippen LogP contribution in [0.25, 0.3) is 0 Å². The van der Waals surface area contributed by atoms with Crippen molar-refractivity contribution in [3.05, 3.63) is 23.8 Å². The van der Waals surface area contributed by atoms with E-state index in [0.29, 0.717) is 0 Å². The molecule has 13 heavy (non-hydrogen) atoms. The maximum atomic E-state index is 2.31. The van der Waals surface area contributed by atoms with Crippen molar-refractivity contribution in [2.24, 2.45) is 0 Å². The first kappa shape index (κ1) is 10.6. The molecule has 0 saturated carbocycles. The number of unbranched alkanes of at least 4 members (excludes halogenated alkanes) is 4. The van der Waals surface area contributed by atoms with Gasteiger partial charge in [-0.25, -0.2) is 0 Å². The predicted molar refractivity (Wildman–Crippen MR) is 59.8 cm³/mol. The van der Waals surface area contributed by atoms with E-state index in [2.05, 4.69) is 25.2 Å². The number of rotatable bonds is 6. The minimum Gasteiger partial charge on any atom is -0.0842 e. The molecule has 0 aromatic carbocycles. The standard InChI is InChI=1S/C13H22/c1-2-3-4-5-7-10-13-11-8-6-9-12-13/h6,8,11H,2-5,7,9-10,12H2,1H3. The van der Waals surface area contributed by atoms with E-state index >= 15 is 0 Å². The van der Waals surface area contributed by atoms with E-state index in [1.165, 1.54) is 51.4 Å². The van der Waals surface area contributed by atoms with Crippen LogP contribution in [0, 0.1) is 0 Å². The zero-order chi connectivity index (χ0) is 9.36. The first-order chi connectivity index (χ1) is 6.43. The fourth-order valence-electron chi connectivity index (χ4n) is 1.82. The topological polar surface area (TPSA) is 0 Å². The summed E-state index contributed by atoms with van der Waals surface area (Å²) in [6.45, 7) is 2.27. The first-order valence-corrected chi connectivity index (χ1v) is 5.78. The first-order valence-electron chi connectivity index (χ1n) is 5.78. The van der Waals surface area contributed by atoms with Crippen LogP contribution in [0.1, 0.15) is 58.3 Å². The predicted octanol–water partition coefficient (Wildman–Crippen LogP) is 4.62. The zero-order valence-corrected chi connectivity index (χ0v) is 8.89. The van der Waals surface area contributed by atoms with Crippen molar-refractivity contribution in [3.63, 3.8) is 0 Å². The van der Waals surface area contributed by atoms with Gasteiger partial charge in [0.15, 0.2) is 0 Å². The molecule has 0 heterocycles. The summed E-state index contributed by atoms with van der Waals surface area (Å²) in [6.07, 6.45) is 17.7. The second-order valence-electron chi connectivity index (χ2n) is 3.96. The zero-order valence-electron chi connectivity index (χ0n) is 8.89. The fourth-order valence-corrected chi connectivity index (χ4v) is 1.82. The van der Waals surface area contributed by atoms with Crippen molar-refractivity contribution in [3.8, 4) is 0 Å². The van der Waals surface area contributed by atoms with Crippen molar-refractivity contribution < 1.29 is 0 Å². The van der Waals surface area contributed by atoms with Crippen molar-refractivity contribution in [2.75, 3.05) is 0 Å². The summed E-state index contributed by atoms with van der Waals surface area (Å²) in [5.41, 5.74) is 1.67. The molecule has 0 aromatic rings. The minimum absolute atomic E-state index is 1.26. The number of allylic oxidation sites excluding steroid dienone is 4. The molecule has 1 rings (SSSR count).